The van der Waals surface area contributed by atoms with Gasteiger partial charge >= 0.3 is 5.97 Å². The maximum absolute atomic E-state index is 11.6. The molecule has 0 bridgehead atoms. The highest BCUT2D eigenvalue weighted by Gasteiger charge is 2.15. The summed E-state index contributed by atoms with van der Waals surface area (Å²) in [6, 6.07) is 8.57. The average molecular weight is 253 g/mol. The molecule has 0 radical (unpaired) electrons. The summed E-state index contributed by atoms with van der Waals surface area (Å²) < 4.78 is 0. The molecule has 0 amide bonds. The van der Waals surface area contributed by atoms with Crippen LogP contribution in [0, 0.1) is 0 Å². The van der Waals surface area contributed by atoms with Crippen LogP contribution in [0.15, 0.2) is 30.3 Å². The first-order valence-corrected chi connectivity index (χ1v) is 5.89. The molecule has 0 aliphatic rings. The zero-order chi connectivity index (χ0) is 12.7. The van der Waals surface area contributed by atoms with Crippen molar-refractivity contribution in [3.05, 3.63) is 35.9 Å². The number of Topliss-reactive ketones (excluding diaryl/α,β-unsaturated/α-hetero) is 1. The van der Waals surface area contributed by atoms with E-state index < -0.39 is 12.0 Å². The minimum atomic E-state index is -0.993. The van der Waals surface area contributed by atoms with Gasteiger partial charge < -0.3 is 5.11 Å². The standard InChI is InChI=1S/C12H15NO3S/c14-10(6-9-4-2-1-3-5-9)7-13-11(8-17)12(15)16/h1-5,11,13,17H,6-8H2,(H,15,16)/t11-/m1/s1. The first-order valence-electron chi connectivity index (χ1n) is 5.26. The van der Waals surface area contributed by atoms with Crippen LogP contribution in [0.3, 0.4) is 0 Å². The van der Waals surface area contributed by atoms with Gasteiger partial charge in [0.25, 0.3) is 0 Å². The van der Waals surface area contributed by atoms with Gasteiger partial charge in [0.15, 0.2) is 5.78 Å². The highest BCUT2D eigenvalue weighted by Crippen LogP contribution is 2.00. The van der Waals surface area contributed by atoms with Crippen molar-refractivity contribution in [3.63, 3.8) is 0 Å². The second kappa shape index (κ2) is 7.09. The predicted octanol–water partition coefficient (Wildman–Crippen LogP) is 0.771. The van der Waals surface area contributed by atoms with Crippen molar-refractivity contribution in [3.8, 4) is 0 Å². The van der Waals surface area contributed by atoms with E-state index in [1.165, 1.54) is 0 Å². The van der Waals surface area contributed by atoms with Gasteiger partial charge in [0.1, 0.15) is 6.04 Å². The Morgan fingerprint density at radius 3 is 2.47 bits per heavy atom. The lowest BCUT2D eigenvalue weighted by Crippen LogP contribution is -2.41. The first kappa shape index (κ1) is 13.7. The normalized spacial score (nSPS) is 12.1. The SMILES string of the molecule is O=C(CN[C@H](CS)C(=O)O)Cc1ccccc1. The van der Waals surface area contributed by atoms with Crippen molar-refractivity contribution >= 4 is 24.4 Å². The molecular weight excluding hydrogens is 238 g/mol. The molecule has 1 rings (SSSR count). The fraction of sp³-hybridized carbons (Fsp3) is 0.333. The molecule has 0 spiro atoms. The second-order valence-corrected chi connectivity index (χ2v) is 4.02. The van der Waals surface area contributed by atoms with E-state index in [0.717, 1.165) is 5.56 Å². The Bertz CT molecular complexity index is 381. The van der Waals surface area contributed by atoms with Crippen molar-refractivity contribution < 1.29 is 14.7 Å². The molecule has 92 valence electrons. The van der Waals surface area contributed by atoms with Crippen LogP contribution in [-0.4, -0.2) is 35.2 Å². The lowest BCUT2D eigenvalue weighted by Gasteiger charge is -2.10. The first-order chi connectivity index (χ1) is 8.13. The second-order valence-electron chi connectivity index (χ2n) is 3.66. The molecule has 0 fully saturated rings. The summed E-state index contributed by atoms with van der Waals surface area (Å²) in [7, 11) is 0. The number of benzene rings is 1. The number of carboxylic acid groups (broad SMARTS) is 1. The van der Waals surface area contributed by atoms with Gasteiger partial charge in [-0.15, -0.1) is 0 Å². The van der Waals surface area contributed by atoms with Crippen molar-refractivity contribution in [2.24, 2.45) is 0 Å². The largest absolute Gasteiger partial charge is 0.480 e. The molecule has 0 aliphatic carbocycles. The van der Waals surface area contributed by atoms with Crippen LogP contribution in [0.1, 0.15) is 5.56 Å². The molecule has 0 saturated heterocycles. The molecular formula is C12H15NO3S. The van der Waals surface area contributed by atoms with Crippen LogP contribution in [0.2, 0.25) is 0 Å². The third-order valence-electron chi connectivity index (χ3n) is 2.27. The van der Waals surface area contributed by atoms with Crippen LogP contribution in [0.4, 0.5) is 0 Å². The molecule has 17 heavy (non-hydrogen) atoms. The molecule has 0 saturated carbocycles. The Hall–Kier alpha value is -1.33. The Morgan fingerprint density at radius 1 is 1.29 bits per heavy atom. The van der Waals surface area contributed by atoms with E-state index in [9.17, 15) is 9.59 Å². The van der Waals surface area contributed by atoms with Gasteiger partial charge in [-0.25, -0.2) is 0 Å². The third-order valence-corrected chi connectivity index (χ3v) is 2.64. The maximum atomic E-state index is 11.6. The highest BCUT2D eigenvalue weighted by molar-refractivity contribution is 7.80. The van der Waals surface area contributed by atoms with E-state index in [-0.39, 0.29) is 18.1 Å². The van der Waals surface area contributed by atoms with Crippen molar-refractivity contribution in [2.75, 3.05) is 12.3 Å². The summed E-state index contributed by atoms with van der Waals surface area (Å²) in [6.07, 6.45) is 0.312. The third kappa shape index (κ3) is 5.01. The number of thiol groups is 1. The summed E-state index contributed by atoms with van der Waals surface area (Å²) in [5.41, 5.74) is 0.928. The van der Waals surface area contributed by atoms with Gasteiger partial charge in [-0.2, -0.15) is 12.6 Å². The van der Waals surface area contributed by atoms with Crippen LogP contribution < -0.4 is 5.32 Å². The van der Waals surface area contributed by atoms with E-state index in [1.807, 2.05) is 30.3 Å². The zero-order valence-corrected chi connectivity index (χ0v) is 10.2. The smallest absolute Gasteiger partial charge is 0.321 e. The zero-order valence-electron chi connectivity index (χ0n) is 9.30. The van der Waals surface area contributed by atoms with Crippen LogP contribution in [0.25, 0.3) is 0 Å². The number of ketones is 1. The summed E-state index contributed by atoms with van der Waals surface area (Å²) >= 11 is 3.90. The molecule has 4 nitrogen and oxygen atoms in total. The Morgan fingerprint density at radius 2 is 1.94 bits per heavy atom. The molecule has 5 heteroatoms. The van der Waals surface area contributed by atoms with Crippen LogP contribution >= 0.6 is 12.6 Å². The summed E-state index contributed by atoms with van der Waals surface area (Å²) in [6.45, 7) is 0.0480. The number of carboxylic acids is 1. The Labute approximate surface area is 105 Å². The van der Waals surface area contributed by atoms with Crippen molar-refractivity contribution in [2.45, 2.75) is 12.5 Å². The predicted molar refractivity (Wildman–Crippen MR) is 68.4 cm³/mol. The minimum Gasteiger partial charge on any atom is -0.480 e. The number of aliphatic carboxylic acids is 1. The molecule has 0 aliphatic heterocycles. The van der Waals surface area contributed by atoms with E-state index >= 15 is 0 Å². The molecule has 0 heterocycles. The molecule has 0 unspecified atom stereocenters. The van der Waals surface area contributed by atoms with Crippen LogP contribution in [0.5, 0.6) is 0 Å². The van der Waals surface area contributed by atoms with Crippen molar-refractivity contribution in [1.82, 2.24) is 5.32 Å². The lowest BCUT2D eigenvalue weighted by molar-refractivity contribution is -0.138. The summed E-state index contributed by atoms with van der Waals surface area (Å²) in [5.74, 6) is -0.870. The fourth-order valence-electron chi connectivity index (χ4n) is 1.35. The number of hydrogen-bond acceptors (Lipinski definition) is 4. The molecule has 1 aromatic rings. The monoisotopic (exact) mass is 253 g/mol. The Kier molecular flexibility index (Phi) is 5.72. The quantitative estimate of drug-likeness (QED) is 0.628. The fourth-order valence-corrected chi connectivity index (χ4v) is 1.64. The van der Waals surface area contributed by atoms with E-state index in [2.05, 4.69) is 17.9 Å². The molecule has 1 aromatic carbocycles. The average Bonchev–Trinajstić information content (AvgIpc) is 2.30. The number of rotatable bonds is 7. The number of nitrogens with one attached hydrogen (secondary N) is 1. The number of hydrogen-bond donors (Lipinski definition) is 3. The minimum absolute atomic E-state index is 0.0377. The van der Waals surface area contributed by atoms with Gasteiger partial charge in [0.2, 0.25) is 0 Å². The lowest BCUT2D eigenvalue weighted by atomic mass is 10.1. The summed E-state index contributed by atoms with van der Waals surface area (Å²) in [5, 5.41) is 11.4. The maximum Gasteiger partial charge on any atom is 0.321 e. The molecule has 1 atom stereocenters. The van der Waals surface area contributed by atoms with Crippen molar-refractivity contribution in [1.29, 1.82) is 0 Å². The van der Waals surface area contributed by atoms with Crippen LogP contribution in [-0.2, 0) is 16.0 Å². The molecule has 2 N–H and O–H groups in total. The molecule has 0 aromatic heterocycles. The van der Waals surface area contributed by atoms with Gasteiger partial charge in [-0.05, 0) is 5.56 Å². The van der Waals surface area contributed by atoms with Gasteiger partial charge in [0.05, 0.1) is 6.54 Å². The van der Waals surface area contributed by atoms with Gasteiger partial charge in [-0.1, -0.05) is 30.3 Å². The van der Waals surface area contributed by atoms with Gasteiger partial charge in [-0.3, -0.25) is 14.9 Å². The summed E-state index contributed by atoms with van der Waals surface area (Å²) in [4.78, 5) is 22.3. The van der Waals surface area contributed by atoms with E-state index in [1.54, 1.807) is 0 Å². The highest BCUT2D eigenvalue weighted by atomic mass is 32.1. The van der Waals surface area contributed by atoms with Gasteiger partial charge in [0, 0.05) is 12.2 Å². The van der Waals surface area contributed by atoms with E-state index in [0.29, 0.717) is 6.42 Å². The number of carbonyl (C=O) groups is 2. The topological polar surface area (TPSA) is 66.4 Å². The van der Waals surface area contributed by atoms with E-state index in [4.69, 9.17) is 5.11 Å². The number of carbonyl (C=O) groups excluding carboxylic acids is 1. The Balaban J connectivity index is 2.38.